The number of benzene rings is 1. The zero-order valence-electron chi connectivity index (χ0n) is 24.3. The number of rotatable bonds is 13. The first kappa shape index (κ1) is 31.8. The van der Waals surface area contributed by atoms with Crippen molar-refractivity contribution in [1.29, 1.82) is 5.26 Å². The largest absolute Gasteiger partial charge is 0.369 e. The molecule has 1 aromatic carbocycles. The lowest BCUT2D eigenvalue weighted by Gasteiger charge is -2.23. The molecule has 0 unspecified atom stereocenters. The number of hydrogen-bond acceptors (Lipinski definition) is 8. The average molecular weight is 545 g/mol. The van der Waals surface area contributed by atoms with Crippen molar-refractivity contribution < 1.29 is 9.59 Å². The van der Waals surface area contributed by atoms with Crippen molar-refractivity contribution >= 4 is 29.3 Å². The predicted molar refractivity (Wildman–Crippen MR) is 159 cm³/mol. The van der Waals surface area contributed by atoms with Gasteiger partial charge in [-0.3, -0.25) is 9.59 Å². The number of anilines is 3. The summed E-state index contributed by atoms with van der Waals surface area (Å²) in [5, 5.41) is 18.4. The molecule has 0 aliphatic carbocycles. The Labute approximate surface area is 237 Å². The number of carbonyl (C=O) groups is 2. The highest BCUT2D eigenvalue weighted by Crippen LogP contribution is 2.20. The monoisotopic (exact) mass is 544 g/mol. The number of nitriles is 1. The Bertz CT molecular complexity index is 1270. The van der Waals surface area contributed by atoms with E-state index in [1.165, 1.54) is 11.0 Å². The molecule has 40 heavy (non-hydrogen) atoms. The van der Waals surface area contributed by atoms with Crippen LogP contribution in [0.15, 0.2) is 36.4 Å². The summed E-state index contributed by atoms with van der Waals surface area (Å²) in [5.74, 6) is 7.05. The van der Waals surface area contributed by atoms with Crippen molar-refractivity contribution in [2.24, 2.45) is 0 Å². The fourth-order valence-corrected chi connectivity index (χ4v) is 3.44. The molecule has 2 amide bonds. The van der Waals surface area contributed by atoms with E-state index in [1.54, 1.807) is 32.2 Å². The summed E-state index contributed by atoms with van der Waals surface area (Å²) < 4.78 is 0. The molecule has 0 bridgehead atoms. The lowest BCUT2D eigenvalue weighted by molar-refractivity contribution is -0.135. The number of nitrogens with one attached hydrogen (secondary N) is 3. The molecule has 1 heterocycles. The summed E-state index contributed by atoms with van der Waals surface area (Å²) in [6.45, 7) is 7.53. The Hall–Kier alpha value is -4.41. The molecule has 0 radical (unpaired) electrons. The Balaban J connectivity index is 1.94. The van der Waals surface area contributed by atoms with E-state index < -0.39 is 6.04 Å². The third kappa shape index (κ3) is 10.4. The molecule has 212 valence electrons. The zero-order chi connectivity index (χ0) is 29.5. The quantitative estimate of drug-likeness (QED) is 0.199. The molecule has 0 saturated carbocycles. The Morgan fingerprint density at radius 2 is 1.85 bits per heavy atom. The van der Waals surface area contributed by atoms with Gasteiger partial charge in [-0.1, -0.05) is 24.8 Å². The van der Waals surface area contributed by atoms with Crippen LogP contribution in [-0.4, -0.2) is 78.4 Å². The fraction of sp³-hybridized carbons (Fsp3) is 0.433. The Morgan fingerprint density at radius 3 is 2.50 bits per heavy atom. The van der Waals surface area contributed by atoms with Crippen LogP contribution in [0.2, 0.25) is 0 Å². The van der Waals surface area contributed by atoms with Gasteiger partial charge < -0.3 is 25.8 Å². The van der Waals surface area contributed by atoms with Gasteiger partial charge in [-0.25, -0.2) is 4.98 Å². The van der Waals surface area contributed by atoms with E-state index in [4.69, 9.17) is 5.26 Å². The van der Waals surface area contributed by atoms with Crippen LogP contribution in [0.4, 0.5) is 17.5 Å². The highest BCUT2D eigenvalue weighted by Gasteiger charge is 2.20. The third-order valence-electron chi connectivity index (χ3n) is 5.93. The number of aryl methyl sites for hydroxylation is 1. The average Bonchev–Trinajstić information content (AvgIpc) is 2.93. The van der Waals surface area contributed by atoms with E-state index in [0.29, 0.717) is 43.3 Å². The normalized spacial score (nSPS) is 11.3. The second kappa shape index (κ2) is 16.5. The first-order chi connectivity index (χ1) is 19.2. The maximum Gasteiger partial charge on any atom is 0.246 e. The fourth-order valence-electron chi connectivity index (χ4n) is 3.44. The van der Waals surface area contributed by atoms with Gasteiger partial charge >= 0.3 is 0 Å². The molecule has 2 rings (SSSR count). The van der Waals surface area contributed by atoms with Gasteiger partial charge in [0.1, 0.15) is 11.9 Å². The summed E-state index contributed by atoms with van der Waals surface area (Å²) in [4.78, 5) is 37.3. The van der Waals surface area contributed by atoms with Crippen molar-refractivity contribution in [1.82, 2.24) is 25.1 Å². The number of amides is 2. The molecule has 0 aliphatic heterocycles. The van der Waals surface area contributed by atoms with Crippen LogP contribution < -0.4 is 16.0 Å². The topological polar surface area (TPSA) is 126 Å². The second-order valence-electron chi connectivity index (χ2n) is 9.58. The number of hydrogen-bond donors (Lipinski definition) is 3. The highest BCUT2D eigenvalue weighted by molar-refractivity contribution is 5.92. The lowest BCUT2D eigenvalue weighted by Crippen LogP contribution is -2.45. The van der Waals surface area contributed by atoms with Crippen LogP contribution in [0.1, 0.15) is 49.9 Å². The number of nitrogens with zero attached hydrogens (tertiary/aromatic N) is 5. The van der Waals surface area contributed by atoms with Gasteiger partial charge in [0.05, 0.1) is 22.9 Å². The highest BCUT2D eigenvalue weighted by atomic mass is 16.2. The molecular formula is C30H40N8O2. The van der Waals surface area contributed by atoms with Gasteiger partial charge in [-0.2, -0.15) is 10.2 Å². The minimum atomic E-state index is -0.578. The molecule has 0 saturated heterocycles. The number of unbranched alkanes of at least 4 members (excludes halogenated alkanes) is 1. The summed E-state index contributed by atoms with van der Waals surface area (Å²) in [5.41, 5.74) is 2.84. The smallest absolute Gasteiger partial charge is 0.246 e. The SMILES string of the molecule is CCCNc1nc(Nc2ccc(C#N)cc2)nc(C)c1C#CCCCNC(=O)[C@H](C)N(C)C(=O)C=CCN(C)C. The first-order valence-corrected chi connectivity index (χ1v) is 13.4. The van der Waals surface area contributed by atoms with Gasteiger partial charge in [-0.05, 0) is 65.0 Å². The van der Waals surface area contributed by atoms with Gasteiger partial charge in [0.2, 0.25) is 17.8 Å². The summed E-state index contributed by atoms with van der Waals surface area (Å²) in [7, 11) is 5.46. The molecule has 2 aromatic rings. The molecular weight excluding hydrogens is 504 g/mol. The van der Waals surface area contributed by atoms with Crippen molar-refractivity contribution in [3.8, 4) is 17.9 Å². The van der Waals surface area contributed by atoms with E-state index in [1.807, 2.05) is 38.1 Å². The molecule has 10 heteroatoms. The molecule has 0 spiro atoms. The minimum absolute atomic E-state index is 0.203. The van der Waals surface area contributed by atoms with Crippen molar-refractivity contribution in [2.75, 3.05) is 51.4 Å². The van der Waals surface area contributed by atoms with Crippen molar-refractivity contribution in [3.63, 3.8) is 0 Å². The maximum absolute atomic E-state index is 12.5. The molecule has 1 aromatic heterocycles. The van der Waals surface area contributed by atoms with Crippen LogP contribution in [0.25, 0.3) is 0 Å². The molecule has 3 N–H and O–H groups in total. The third-order valence-corrected chi connectivity index (χ3v) is 5.93. The van der Waals surface area contributed by atoms with Gasteiger partial charge in [0.25, 0.3) is 0 Å². The van der Waals surface area contributed by atoms with Gasteiger partial charge in [-0.15, -0.1) is 0 Å². The van der Waals surface area contributed by atoms with Crippen LogP contribution in [0, 0.1) is 30.1 Å². The minimum Gasteiger partial charge on any atom is -0.369 e. The van der Waals surface area contributed by atoms with E-state index in [9.17, 15) is 9.59 Å². The maximum atomic E-state index is 12.5. The number of carbonyl (C=O) groups excluding carboxylic acids is 2. The Kier molecular flexibility index (Phi) is 13.1. The van der Waals surface area contributed by atoms with Crippen LogP contribution >= 0.6 is 0 Å². The molecule has 1 atom stereocenters. The summed E-state index contributed by atoms with van der Waals surface area (Å²) >= 11 is 0. The summed E-state index contributed by atoms with van der Waals surface area (Å²) in [6.07, 6.45) is 5.44. The molecule has 0 fully saturated rings. The zero-order valence-corrected chi connectivity index (χ0v) is 24.3. The van der Waals surface area contributed by atoms with Crippen LogP contribution in [0.3, 0.4) is 0 Å². The Morgan fingerprint density at radius 1 is 1.12 bits per heavy atom. The summed E-state index contributed by atoms with van der Waals surface area (Å²) in [6, 6.07) is 8.61. The van der Waals surface area contributed by atoms with E-state index in [0.717, 1.165) is 29.9 Å². The van der Waals surface area contributed by atoms with E-state index >= 15 is 0 Å². The molecule has 0 aliphatic rings. The van der Waals surface area contributed by atoms with Crippen molar-refractivity contribution in [3.05, 3.63) is 53.2 Å². The second-order valence-corrected chi connectivity index (χ2v) is 9.58. The first-order valence-electron chi connectivity index (χ1n) is 13.4. The van der Waals surface area contributed by atoms with Gasteiger partial charge in [0.15, 0.2) is 0 Å². The predicted octanol–water partition coefficient (Wildman–Crippen LogP) is 3.43. The lowest BCUT2D eigenvalue weighted by atomic mass is 10.2. The molecule has 10 nitrogen and oxygen atoms in total. The van der Waals surface area contributed by atoms with Crippen LogP contribution in [-0.2, 0) is 9.59 Å². The van der Waals surface area contributed by atoms with E-state index in [2.05, 4.69) is 50.8 Å². The standard InChI is InChI=1S/C30H40N8O2/c1-7-18-32-28-26(22(2)34-30(36-28)35-25-16-14-24(21-31)15-17-25)12-9-8-10-19-33-29(40)23(3)38(6)27(39)13-11-20-37(4)5/h11,13-17,23H,7-8,10,18-20H2,1-6H3,(H,33,40)(H2,32,34,35,36)/t23-/m0/s1. The number of aromatic nitrogens is 2. The van der Waals surface area contributed by atoms with Crippen molar-refractivity contribution in [2.45, 2.75) is 46.1 Å². The van der Waals surface area contributed by atoms with Gasteiger partial charge in [0, 0.05) is 44.9 Å². The number of likely N-dealkylation sites (N-methyl/N-ethyl adjacent to an activating group) is 2. The van der Waals surface area contributed by atoms with Crippen LogP contribution in [0.5, 0.6) is 0 Å². The van der Waals surface area contributed by atoms with E-state index in [-0.39, 0.29) is 11.8 Å².